The third kappa shape index (κ3) is 1.63. The van der Waals surface area contributed by atoms with Crippen LogP contribution < -0.4 is 0 Å². The molecule has 0 radical (unpaired) electrons. The predicted octanol–water partition coefficient (Wildman–Crippen LogP) is -0.139. The monoisotopic (exact) mass is 160 g/mol. The Labute approximate surface area is 59.6 Å². The second-order valence-electron chi connectivity index (χ2n) is 2.04. The van der Waals surface area contributed by atoms with Gasteiger partial charge in [-0.3, -0.25) is 4.99 Å². The van der Waals surface area contributed by atoms with Gasteiger partial charge in [0.15, 0.2) is 0 Å². The summed E-state index contributed by atoms with van der Waals surface area (Å²) >= 11 is 0. The van der Waals surface area contributed by atoms with Gasteiger partial charge in [0.2, 0.25) is 15.0 Å². The molecule has 5 heteroatoms. The van der Waals surface area contributed by atoms with E-state index in [0.717, 1.165) is 12.7 Å². The molecule has 0 aromatic carbocycles. The van der Waals surface area contributed by atoms with Crippen molar-refractivity contribution in [1.29, 1.82) is 0 Å². The van der Waals surface area contributed by atoms with Crippen LogP contribution in [-0.2, 0) is 9.84 Å². The minimum atomic E-state index is -3.17. The molecule has 4 nitrogen and oxygen atoms in total. The van der Waals surface area contributed by atoms with Gasteiger partial charge in [-0.25, -0.2) is 13.4 Å². The molecule has 10 heavy (non-hydrogen) atoms. The van der Waals surface area contributed by atoms with E-state index in [1.807, 2.05) is 0 Å². The molecule has 0 fully saturated rings. The lowest BCUT2D eigenvalue weighted by atomic mass is 10.4. The Morgan fingerprint density at radius 3 is 2.60 bits per heavy atom. The van der Waals surface area contributed by atoms with Crippen LogP contribution in [-0.4, -0.2) is 32.6 Å². The average molecular weight is 160 g/mol. The first kappa shape index (κ1) is 7.40. The van der Waals surface area contributed by atoms with E-state index < -0.39 is 9.84 Å². The van der Waals surface area contributed by atoms with Gasteiger partial charge in [0, 0.05) is 25.4 Å². The number of rotatable bonds is 0. The van der Waals surface area contributed by atoms with Gasteiger partial charge in [-0.15, -0.1) is 0 Å². The summed E-state index contributed by atoms with van der Waals surface area (Å²) in [7, 11) is -3.17. The van der Waals surface area contributed by atoms with Crippen molar-refractivity contribution in [2.45, 2.75) is 6.42 Å². The highest BCUT2D eigenvalue weighted by Gasteiger charge is 2.12. The summed E-state index contributed by atoms with van der Waals surface area (Å²) in [5.41, 5.74) is 0. The van der Waals surface area contributed by atoms with Crippen LogP contribution in [0, 0.1) is 0 Å². The second-order valence-corrected chi connectivity index (χ2v) is 3.95. The van der Waals surface area contributed by atoms with Gasteiger partial charge in [-0.05, 0) is 0 Å². The lowest BCUT2D eigenvalue weighted by Gasteiger charge is -2.00. The van der Waals surface area contributed by atoms with Crippen molar-refractivity contribution in [2.24, 2.45) is 9.98 Å². The number of amidine groups is 1. The molecule has 1 heterocycles. The summed E-state index contributed by atoms with van der Waals surface area (Å²) in [6, 6.07) is 0. The fraction of sp³-hybridized carbons (Fsp3) is 0.600. The Kier molecular flexibility index (Phi) is 1.85. The van der Waals surface area contributed by atoms with Crippen molar-refractivity contribution >= 4 is 21.2 Å². The molecule has 0 aromatic heterocycles. The highest BCUT2D eigenvalue weighted by molar-refractivity contribution is 8.05. The molecule has 0 aliphatic carbocycles. The van der Waals surface area contributed by atoms with Crippen LogP contribution >= 0.6 is 0 Å². The van der Waals surface area contributed by atoms with Crippen LogP contribution in [0.5, 0.6) is 0 Å². The maximum atomic E-state index is 10.7. The number of hydrogen-bond acceptors (Lipinski definition) is 4. The van der Waals surface area contributed by atoms with Gasteiger partial charge in [-0.1, -0.05) is 0 Å². The van der Waals surface area contributed by atoms with E-state index in [0.29, 0.717) is 6.54 Å². The van der Waals surface area contributed by atoms with Crippen LogP contribution in [0.2, 0.25) is 0 Å². The Bertz CT molecular complexity index is 276. The molecule has 1 aliphatic rings. The van der Waals surface area contributed by atoms with E-state index in [2.05, 4.69) is 9.98 Å². The third-order valence-corrected chi connectivity index (χ3v) is 1.94. The van der Waals surface area contributed by atoms with E-state index >= 15 is 0 Å². The molecule has 0 amide bonds. The lowest BCUT2D eigenvalue weighted by Crippen LogP contribution is -2.13. The summed E-state index contributed by atoms with van der Waals surface area (Å²) < 4.78 is 21.5. The predicted molar refractivity (Wildman–Crippen MR) is 40.3 cm³/mol. The number of aliphatic imine (C=N–C) groups is 2. The van der Waals surface area contributed by atoms with E-state index in [9.17, 15) is 8.42 Å². The largest absolute Gasteiger partial charge is 0.256 e. The van der Waals surface area contributed by atoms with E-state index in [1.54, 1.807) is 6.21 Å². The standard InChI is InChI=1S/C5H8N2O2S/c1-10(8,9)5-6-3-2-4-7-5/h3H,2,4H2,1H3. The van der Waals surface area contributed by atoms with Crippen LogP contribution in [0.1, 0.15) is 6.42 Å². The number of nitrogens with zero attached hydrogens (tertiary/aromatic N) is 2. The van der Waals surface area contributed by atoms with Gasteiger partial charge in [0.1, 0.15) is 0 Å². The normalized spacial score (nSPS) is 18.7. The molecular weight excluding hydrogens is 152 g/mol. The Morgan fingerprint density at radius 2 is 2.30 bits per heavy atom. The number of hydrogen-bond donors (Lipinski definition) is 0. The fourth-order valence-corrected chi connectivity index (χ4v) is 1.21. The zero-order valence-corrected chi connectivity index (χ0v) is 6.43. The molecule has 0 aromatic rings. The van der Waals surface area contributed by atoms with Crippen LogP contribution in [0.3, 0.4) is 0 Å². The molecule has 1 aliphatic heterocycles. The quantitative estimate of drug-likeness (QED) is 0.495. The Morgan fingerprint density at radius 1 is 1.60 bits per heavy atom. The van der Waals surface area contributed by atoms with E-state index in [1.165, 1.54) is 0 Å². The van der Waals surface area contributed by atoms with Crippen molar-refractivity contribution in [3.05, 3.63) is 0 Å². The zero-order valence-electron chi connectivity index (χ0n) is 5.61. The smallest absolute Gasteiger partial charge is 0.241 e. The molecule has 0 N–H and O–H groups in total. The Balaban J connectivity index is 2.94. The summed E-state index contributed by atoms with van der Waals surface area (Å²) in [5.74, 6) is 0. The van der Waals surface area contributed by atoms with Gasteiger partial charge in [0.25, 0.3) is 0 Å². The molecule has 0 atom stereocenters. The van der Waals surface area contributed by atoms with Gasteiger partial charge in [-0.2, -0.15) is 0 Å². The summed E-state index contributed by atoms with van der Waals surface area (Å²) in [6.45, 7) is 0.534. The van der Waals surface area contributed by atoms with Crippen molar-refractivity contribution < 1.29 is 8.42 Å². The molecule has 0 spiro atoms. The van der Waals surface area contributed by atoms with Crippen molar-refractivity contribution in [1.82, 2.24) is 0 Å². The maximum absolute atomic E-state index is 10.7. The minimum absolute atomic E-state index is 0.0428. The molecule has 0 saturated heterocycles. The SMILES string of the molecule is CS(=O)(=O)C1=NCCC=N1. The van der Waals surface area contributed by atoms with Crippen LogP contribution in [0.4, 0.5) is 0 Å². The van der Waals surface area contributed by atoms with Crippen LogP contribution in [0.15, 0.2) is 9.98 Å². The minimum Gasteiger partial charge on any atom is -0.256 e. The summed E-state index contributed by atoms with van der Waals surface area (Å²) in [4.78, 5) is 7.37. The van der Waals surface area contributed by atoms with Gasteiger partial charge >= 0.3 is 0 Å². The van der Waals surface area contributed by atoms with Gasteiger partial charge < -0.3 is 0 Å². The summed E-state index contributed by atoms with van der Waals surface area (Å²) in [6.07, 6.45) is 3.41. The number of sulfone groups is 1. The topological polar surface area (TPSA) is 58.9 Å². The fourth-order valence-electron chi connectivity index (χ4n) is 0.614. The first-order valence-corrected chi connectivity index (χ1v) is 4.77. The average Bonchev–Trinajstić information content (AvgIpc) is 1.88. The molecule has 0 saturated carbocycles. The first-order chi connectivity index (χ1) is 4.61. The van der Waals surface area contributed by atoms with Crippen molar-refractivity contribution in [2.75, 3.05) is 12.8 Å². The molecule has 1 rings (SSSR count). The third-order valence-electron chi connectivity index (χ3n) is 1.04. The Hall–Kier alpha value is -0.710. The highest BCUT2D eigenvalue weighted by atomic mass is 32.2. The molecule has 56 valence electrons. The molecular formula is C5H8N2O2S. The second kappa shape index (κ2) is 2.49. The van der Waals surface area contributed by atoms with Crippen molar-refractivity contribution in [3.63, 3.8) is 0 Å². The highest BCUT2D eigenvalue weighted by Crippen LogP contribution is 1.97. The lowest BCUT2D eigenvalue weighted by molar-refractivity contribution is 0.612. The zero-order chi connectivity index (χ0) is 7.61. The molecule has 0 bridgehead atoms. The first-order valence-electron chi connectivity index (χ1n) is 2.88. The van der Waals surface area contributed by atoms with Gasteiger partial charge in [0.05, 0.1) is 0 Å². The maximum Gasteiger partial charge on any atom is 0.241 e. The van der Waals surface area contributed by atoms with Crippen LogP contribution in [0.25, 0.3) is 0 Å². The molecule has 0 unspecified atom stereocenters. The summed E-state index contributed by atoms with van der Waals surface area (Å²) in [5, 5.41) is -0.0428. The van der Waals surface area contributed by atoms with Crippen molar-refractivity contribution in [3.8, 4) is 0 Å². The van der Waals surface area contributed by atoms with E-state index in [-0.39, 0.29) is 5.17 Å². The van der Waals surface area contributed by atoms with E-state index in [4.69, 9.17) is 0 Å².